The number of hydrogen-bond donors (Lipinski definition) is 1. The Hall–Kier alpha value is -1.68. The van der Waals surface area contributed by atoms with Crippen LogP contribution in [0, 0.1) is 0 Å². The fourth-order valence-corrected chi connectivity index (χ4v) is 1.35. The highest BCUT2D eigenvalue weighted by atomic mass is 16.5. The van der Waals surface area contributed by atoms with Crippen molar-refractivity contribution in [3.8, 4) is 11.3 Å². The molecule has 0 aliphatic rings. The first kappa shape index (κ1) is 10.8. The first-order valence-corrected chi connectivity index (χ1v) is 5.35. The average Bonchev–Trinajstić information content (AvgIpc) is 2.76. The molecule has 0 spiro atoms. The van der Waals surface area contributed by atoms with Gasteiger partial charge in [-0.1, -0.05) is 19.0 Å². The summed E-state index contributed by atoms with van der Waals surface area (Å²) in [5.41, 5.74) is 1.86. The molecule has 4 nitrogen and oxygen atoms in total. The maximum absolute atomic E-state index is 5.25. The van der Waals surface area contributed by atoms with E-state index in [1.165, 1.54) is 0 Å². The molecular formula is C12H15N3O. The van der Waals surface area contributed by atoms with Crippen LogP contribution in [0.1, 0.15) is 19.5 Å². The van der Waals surface area contributed by atoms with E-state index in [0.717, 1.165) is 23.6 Å². The third-order valence-electron chi connectivity index (χ3n) is 2.20. The molecule has 4 heteroatoms. The van der Waals surface area contributed by atoms with Crippen LogP contribution in [0.3, 0.4) is 0 Å². The molecule has 1 N–H and O–H groups in total. The van der Waals surface area contributed by atoms with E-state index < -0.39 is 0 Å². The standard InChI is InChI=1S/C12H15N3O/c1-9(2)14-8-11-6-12(16-15-11)10-4-3-5-13-7-10/h3-7,9,14H,8H2,1-2H3. The summed E-state index contributed by atoms with van der Waals surface area (Å²) in [4.78, 5) is 4.04. The minimum Gasteiger partial charge on any atom is -0.356 e. The SMILES string of the molecule is CC(C)NCc1cc(-c2cccnc2)on1. The van der Waals surface area contributed by atoms with Crippen LogP contribution in [0.15, 0.2) is 35.1 Å². The fraction of sp³-hybridized carbons (Fsp3) is 0.333. The van der Waals surface area contributed by atoms with Gasteiger partial charge in [0.2, 0.25) is 0 Å². The summed E-state index contributed by atoms with van der Waals surface area (Å²) in [5, 5.41) is 7.29. The zero-order chi connectivity index (χ0) is 11.4. The van der Waals surface area contributed by atoms with Crippen molar-refractivity contribution in [1.82, 2.24) is 15.5 Å². The summed E-state index contributed by atoms with van der Waals surface area (Å²) in [6.07, 6.45) is 3.50. The van der Waals surface area contributed by atoms with Gasteiger partial charge in [0.25, 0.3) is 0 Å². The lowest BCUT2D eigenvalue weighted by Gasteiger charge is -2.03. The molecule has 0 saturated heterocycles. The van der Waals surface area contributed by atoms with Gasteiger partial charge in [-0.3, -0.25) is 4.98 Å². The Morgan fingerprint density at radius 3 is 3.00 bits per heavy atom. The lowest BCUT2D eigenvalue weighted by Crippen LogP contribution is -2.21. The largest absolute Gasteiger partial charge is 0.356 e. The second-order valence-corrected chi connectivity index (χ2v) is 3.96. The lowest BCUT2D eigenvalue weighted by atomic mass is 10.2. The number of rotatable bonds is 4. The van der Waals surface area contributed by atoms with Crippen molar-refractivity contribution < 1.29 is 4.52 Å². The normalized spacial score (nSPS) is 10.9. The maximum atomic E-state index is 5.25. The zero-order valence-corrected chi connectivity index (χ0v) is 9.47. The Kier molecular flexibility index (Phi) is 3.31. The molecule has 0 saturated carbocycles. The number of aromatic nitrogens is 2. The van der Waals surface area contributed by atoms with Gasteiger partial charge in [0, 0.05) is 36.6 Å². The van der Waals surface area contributed by atoms with Gasteiger partial charge in [0.1, 0.15) is 0 Å². The molecule has 0 aliphatic heterocycles. The summed E-state index contributed by atoms with van der Waals surface area (Å²) >= 11 is 0. The Balaban J connectivity index is 2.08. The molecule has 0 aliphatic carbocycles. The van der Waals surface area contributed by atoms with E-state index in [0.29, 0.717) is 6.04 Å². The summed E-state index contributed by atoms with van der Waals surface area (Å²) in [7, 11) is 0. The van der Waals surface area contributed by atoms with Crippen molar-refractivity contribution in [2.45, 2.75) is 26.4 Å². The number of nitrogens with one attached hydrogen (secondary N) is 1. The van der Waals surface area contributed by atoms with Gasteiger partial charge < -0.3 is 9.84 Å². The van der Waals surface area contributed by atoms with Crippen LogP contribution in [0.4, 0.5) is 0 Å². The van der Waals surface area contributed by atoms with Crippen LogP contribution < -0.4 is 5.32 Å². The molecule has 0 fully saturated rings. The van der Waals surface area contributed by atoms with Gasteiger partial charge in [-0.15, -0.1) is 0 Å². The van der Waals surface area contributed by atoms with Crippen molar-refractivity contribution in [3.05, 3.63) is 36.3 Å². The molecular weight excluding hydrogens is 202 g/mol. The van der Waals surface area contributed by atoms with E-state index in [9.17, 15) is 0 Å². The highest BCUT2D eigenvalue weighted by Crippen LogP contribution is 2.18. The Labute approximate surface area is 94.7 Å². The molecule has 16 heavy (non-hydrogen) atoms. The molecule has 0 aromatic carbocycles. The summed E-state index contributed by atoms with van der Waals surface area (Å²) < 4.78 is 5.25. The van der Waals surface area contributed by atoms with Gasteiger partial charge in [-0.25, -0.2) is 0 Å². The van der Waals surface area contributed by atoms with Crippen molar-refractivity contribution in [2.24, 2.45) is 0 Å². The molecule has 2 rings (SSSR count). The molecule has 2 heterocycles. The third kappa shape index (κ3) is 2.67. The van der Waals surface area contributed by atoms with Crippen LogP contribution in [-0.4, -0.2) is 16.2 Å². The Morgan fingerprint density at radius 2 is 2.31 bits per heavy atom. The first-order chi connectivity index (χ1) is 7.75. The Bertz CT molecular complexity index is 437. The van der Waals surface area contributed by atoms with Crippen LogP contribution in [-0.2, 0) is 6.54 Å². The van der Waals surface area contributed by atoms with Gasteiger partial charge in [-0.2, -0.15) is 0 Å². The summed E-state index contributed by atoms with van der Waals surface area (Å²) in [6, 6.07) is 6.21. The van der Waals surface area contributed by atoms with Gasteiger partial charge in [0.05, 0.1) is 5.69 Å². The second kappa shape index (κ2) is 4.90. The van der Waals surface area contributed by atoms with Crippen LogP contribution in [0.5, 0.6) is 0 Å². The second-order valence-electron chi connectivity index (χ2n) is 3.96. The molecule has 2 aromatic rings. The molecule has 84 valence electrons. The van der Waals surface area contributed by atoms with E-state index in [4.69, 9.17) is 4.52 Å². The lowest BCUT2D eigenvalue weighted by molar-refractivity contribution is 0.417. The van der Waals surface area contributed by atoms with Gasteiger partial charge in [-0.05, 0) is 12.1 Å². The van der Waals surface area contributed by atoms with Crippen molar-refractivity contribution in [2.75, 3.05) is 0 Å². The maximum Gasteiger partial charge on any atom is 0.168 e. The minimum absolute atomic E-state index is 0.443. The number of hydrogen-bond acceptors (Lipinski definition) is 4. The summed E-state index contributed by atoms with van der Waals surface area (Å²) in [6.45, 7) is 4.92. The van der Waals surface area contributed by atoms with Crippen molar-refractivity contribution in [3.63, 3.8) is 0 Å². The van der Waals surface area contributed by atoms with E-state index >= 15 is 0 Å². The van der Waals surface area contributed by atoms with Crippen molar-refractivity contribution in [1.29, 1.82) is 0 Å². The predicted octanol–water partition coefficient (Wildman–Crippen LogP) is 2.23. The molecule has 0 radical (unpaired) electrons. The Morgan fingerprint density at radius 1 is 1.44 bits per heavy atom. The van der Waals surface area contributed by atoms with E-state index in [1.54, 1.807) is 12.4 Å². The van der Waals surface area contributed by atoms with E-state index in [2.05, 4.69) is 29.3 Å². The topological polar surface area (TPSA) is 51.0 Å². The van der Waals surface area contributed by atoms with Crippen LogP contribution in [0.25, 0.3) is 11.3 Å². The number of pyridine rings is 1. The molecule has 2 aromatic heterocycles. The highest BCUT2D eigenvalue weighted by Gasteiger charge is 2.06. The minimum atomic E-state index is 0.443. The third-order valence-corrected chi connectivity index (χ3v) is 2.20. The van der Waals surface area contributed by atoms with Gasteiger partial charge >= 0.3 is 0 Å². The van der Waals surface area contributed by atoms with E-state index in [-0.39, 0.29) is 0 Å². The van der Waals surface area contributed by atoms with Crippen LogP contribution >= 0.6 is 0 Å². The molecule has 0 atom stereocenters. The summed E-state index contributed by atoms with van der Waals surface area (Å²) in [5.74, 6) is 0.758. The highest BCUT2D eigenvalue weighted by molar-refractivity contribution is 5.55. The fourth-order valence-electron chi connectivity index (χ4n) is 1.35. The average molecular weight is 217 g/mol. The van der Waals surface area contributed by atoms with Crippen molar-refractivity contribution >= 4 is 0 Å². The van der Waals surface area contributed by atoms with E-state index in [1.807, 2.05) is 18.2 Å². The van der Waals surface area contributed by atoms with Crippen LogP contribution in [0.2, 0.25) is 0 Å². The molecule has 0 unspecified atom stereocenters. The monoisotopic (exact) mass is 217 g/mol. The smallest absolute Gasteiger partial charge is 0.168 e. The zero-order valence-electron chi connectivity index (χ0n) is 9.47. The predicted molar refractivity (Wildman–Crippen MR) is 61.7 cm³/mol. The molecule has 0 amide bonds. The first-order valence-electron chi connectivity index (χ1n) is 5.35. The quantitative estimate of drug-likeness (QED) is 0.853. The molecule has 0 bridgehead atoms. The number of nitrogens with zero attached hydrogens (tertiary/aromatic N) is 2. The van der Waals surface area contributed by atoms with Gasteiger partial charge in [0.15, 0.2) is 5.76 Å².